The van der Waals surface area contributed by atoms with Gasteiger partial charge in [0.05, 0.1) is 33.4 Å². The topological polar surface area (TPSA) is 46.4 Å². The first-order valence-electron chi connectivity index (χ1n) is 7.03. The minimum atomic E-state index is -4.52. The van der Waals surface area contributed by atoms with Crippen molar-refractivity contribution in [3.63, 3.8) is 0 Å². The van der Waals surface area contributed by atoms with E-state index in [4.69, 9.17) is 23.2 Å². The Morgan fingerprint density at radius 2 is 1.88 bits per heavy atom. The molecule has 0 saturated heterocycles. The quantitative estimate of drug-likeness (QED) is 0.698. The maximum atomic E-state index is 12.8. The molecule has 25 heavy (non-hydrogen) atoms. The zero-order chi connectivity index (χ0) is 18.2. The van der Waals surface area contributed by atoms with E-state index in [0.717, 1.165) is 16.7 Å². The summed E-state index contributed by atoms with van der Waals surface area (Å²) in [6.45, 7) is 0. The Hall–Kier alpha value is -2.25. The molecule has 4 nitrogen and oxygen atoms in total. The predicted molar refractivity (Wildman–Crippen MR) is 89.0 cm³/mol. The molecular formula is C16H10Cl2F3N3O. The molecule has 0 spiro atoms. The van der Waals surface area contributed by atoms with Gasteiger partial charge in [0.15, 0.2) is 5.65 Å². The Morgan fingerprint density at radius 3 is 2.56 bits per heavy atom. The third kappa shape index (κ3) is 3.88. The van der Waals surface area contributed by atoms with E-state index in [1.54, 1.807) is 24.3 Å². The van der Waals surface area contributed by atoms with E-state index >= 15 is 0 Å². The Morgan fingerprint density at radius 1 is 1.16 bits per heavy atom. The summed E-state index contributed by atoms with van der Waals surface area (Å²) in [4.78, 5) is 16.2. The summed E-state index contributed by atoms with van der Waals surface area (Å²) in [6, 6.07) is 7.50. The Balaban J connectivity index is 1.83. The molecule has 0 radical (unpaired) electrons. The van der Waals surface area contributed by atoms with Gasteiger partial charge in [-0.1, -0.05) is 35.3 Å². The number of aromatic nitrogens is 2. The standard InChI is InChI=1S/C16H10Cl2F3N3O/c17-11-3-1-2-4-13(11)23-14(25)6-10-8-24-7-9(16(19,20)21)5-12(18)15(24)22-10/h1-5,7-8H,6H2,(H,23,25). The van der Waals surface area contributed by atoms with Gasteiger partial charge in [-0.15, -0.1) is 0 Å². The first-order chi connectivity index (χ1) is 11.7. The number of halogens is 5. The van der Waals surface area contributed by atoms with Crippen molar-refractivity contribution in [2.75, 3.05) is 5.32 Å². The van der Waals surface area contributed by atoms with Crippen molar-refractivity contribution in [3.05, 3.63) is 64.0 Å². The Labute approximate surface area is 150 Å². The number of carbonyl (C=O) groups is 1. The van der Waals surface area contributed by atoms with Gasteiger partial charge in [-0.05, 0) is 18.2 Å². The summed E-state index contributed by atoms with van der Waals surface area (Å²) < 4.78 is 39.6. The normalized spacial score (nSPS) is 11.7. The SMILES string of the molecule is O=C(Cc1cn2cc(C(F)(F)F)cc(Cl)c2n1)Nc1ccccc1Cl. The minimum absolute atomic E-state index is 0.134. The van der Waals surface area contributed by atoms with Crippen molar-refractivity contribution in [2.24, 2.45) is 0 Å². The average Bonchev–Trinajstić information content (AvgIpc) is 2.91. The van der Waals surface area contributed by atoms with Gasteiger partial charge < -0.3 is 9.72 Å². The largest absolute Gasteiger partial charge is 0.417 e. The number of carbonyl (C=O) groups excluding carboxylic acids is 1. The van der Waals surface area contributed by atoms with Crippen LogP contribution in [0.1, 0.15) is 11.3 Å². The highest BCUT2D eigenvalue weighted by Crippen LogP contribution is 2.32. The first-order valence-corrected chi connectivity index (χ1v) is 7.78. The molecule has 3 rings (SSSR count). The molecule has 0 atom stereocenters. The van der Waals surface area contributed by atoms with Crippen LogP contribution in [-0.4, -0.2) is 15.3 Å². The van der Waals surface area contributed by atoms with Crippen LogP contribution in [0.15, 0.2) is 42.7 Å². The fourth-order valence-corrected chi connectivity index (χ4v) is 2.71. The number of pyridine rings is 1. The van der Waals surface area contributed by atoms with Crippen LogP contribution in [0.25, 0.3) is 5.65 Å². The van der Waals surface area contributed by atoms with Gasteiger partial charge in [0.2, 0.25) is 5.91 Å². The number of fused-ring (bicyclic) bond motifs is 1. The Kier molecular flexibility index (Phi) is 4.62. The van der Waals surface area contributed by atoms with E-state index < -0.39 is 17.6 Å². The highest BCUT2D eigenvalue weighted by Gasteiger charge is 2.32. The molecule has 2 aromatic heterocycles. The number of nitrogens with zero attached hydrogens (tertiary/aromatic N) is 2. The van der Waals surface area contributed by atoms with Gasteiger partial charge in [-0.3, -0.25) is 4.79 Å². The fraction of sp³-hybridized carbons (Fsp3) is 0.125. The molecular weight excluding hydrogens is 378 g/mol. The Bertz CT molecular complexity index is 953. The molecule has 0 fully saturated rings. The lowest BCUT2D eigenvalue weighted by atomic mass is 10.3. The third-order valence-electron chi connectivity index (χ3n) is 3.37. The number of para-hydroxylation sites is 1. The third-order valence-corrected chi connectivity index (χ3v) is 3.98. The van der Waals surface area contributed by atoms with Crippen molar-refractivity contribution in [3.8, 4) is 0 Å². The number of nitrogens with one attached hydrogen (secondary N) is 1. The van der Waals surface area contributed by atoms with Gasteiger partial charge in [0, 0.05) is 12.4 Å². The molecule has 0 saturated carbocycles. The van der Waals surface area contributed by atoms with Crippen LogP contribution in [0.3, 0.4) is 0 Å². The van der Waals surface area contributed by atoms with E-state index in [1.165, 1.54) is 6.20 Å². The summed E-state index contributed by atoms with van der Waals surface area (Å²) in [5.41, 5.74) is -0.0224. The number of hydrogen-bond donors (Lipinski definition) is 1. The molecule has 9 heteroatoms. The second-order valence-electron chi connectivity index (χ2n) is 5.24. The van der Waals surface area contributed by atoms with E-state index in [1.807, 2.05) is 0 Å². The number of benzene rings is 1. The second kappa shape index (κ2) is 6.57. The van der Waals surface area contributed by atoms with Crippen LogP contribution < -0.4 is 5.32 Å². The predicted octanol–water partition coefficient (Wildman–Crippen LogP) is 4.84. The van der Waals surface area contributed by atoms with E-state index in [0.29, 0.717) is 10.7 Å². The zero-order valence-corrected chi connectivity index (χ0v) is 14.0. The first kappa shape index (κ1) is 17.6. The van der Waals surface area contributed by atoms with E-state index in [9.17, 15) is 18.0 Å². The van der Waals surface area contributed by atoms with Crippen molar-refractivity contribution in [1.29, 1.82) is 0 Å². The highest BCUT2D eigenvalue weighted by atomic mass is 35.5. The summed E-state index contributed by atoms with van der Waals surface area (Å²) in [6.07, 6.45) is -2.44. The van der Waals surface area contributed by atoms with Crippen LogP contribution in [-0.2, 0) is 17.4 Å². The number of rotatable bonds is 3. The molecule has 0 unspecified atom stereocenters. The molecule has 0 bridgehead atoms. The summed E-state index contributed by atoms with van der Waals surface area (Å²) >= 11 is 11.8. The lowest BCUT2D eigenvalue weighted by Gasteiger charge is -2.07. The number of hydrogen-bond acceptors (Lipinski definition) is 2. The molecule has 1 N–H and O–H groups in total. The fourth-order valence-electron chi connectivity index (χ4n) is 2.27. The smallest absolute Gasteiger partial charge is 0.324 e. The van der Waals surface area contributed by atoms with Gasteiger partial charge >= 0.3 is 6.18 Å². The number of imidazole rings is 1. The number of anilines is 1. The highest BCUT2D eigenvalue weighted by molar-refractivity contribution is 6.34. The molecule has 130 valence electrons. The van der Waals surface area contributed by atoms with Gasteiger partial charge in [0.25, 0.3) is 0 Å². The maximum absolute atomic E-state index is 12.8. The zero-order valence-electron chi connectivity index (χ0n) is 12.4. The van der Waals surface area contributed by atoms with Crippen molar-refractivity contribution < 1.29 is 18.0 Å². The van der Waals surface area contributed by atoms with Crippen molar-refractivity contribution in [2.45, 2.75) is 12.6 Å². The van der Waals surface area contributed by atoms with Crippen LogP contribution in [0.4, 0.5) is 18.9 Å². The van der Waals surface area contributed by atoms with Gasteiger partial charge in [0.1, 0.15) is 0 Å². The molecule has 1 aromatic carbocycles. The second-order valence-corrected chi connectivity index (χ2v) is 6.06. The van der Waals surface area contributed by atoms with Crippen LogP contribution in [0.2, 0.25) is 10.0 Å². The molecule has 0 aliphatic rings. The van der Waals surface area contributed by atoms with E-state index in [-0.39, 0.29) is 22.8 Å². The molecule has 0 aliphatic heterocycles. The maximum Gasteiger partial charge on any atom is 0.417 e. The van der Waals surface area contributed by atoms with Crippen LogP contribution in [0.5, 0.6) is 0 Å². The lowest BCUT2D eigenvalue weighted by molar-refractivity contribution is -0.137. The van der Waals surface area contributed by atoms with Crippen molar-refractivity contribution >= 4 is 40.4 Å². The van der Waals surface area contributed by atoms with Crippen LogP contribution in [0, 0.1) is 0 Å². The minimum Gasteiger partial charge on any atom is -0.324 e. The summed E-state index contributed by atoms with van der Waals surface area (Å²) in [7, 11) is 0. The molecule has 1 amide bonds. The lowest BCUT2D eigenvalue weighted by Crippen LogP contribution is -2.14. The monoisotopic (exact) mass is 387 g/mol. The van der Waals surface area contributed by atoms with Gasteiger partial charge in [-0.2, -0.15) is 13.2 Å². The number of amides is 1. The summed E-state index contributed by atoms with van der Waals surface area (Å²) in [5.74, 6) is -0.399. The average molecular weight is 388 g/mol. The van der Waals surface area contributed by atoms with Crippen molar-refractivity contribution in [1.82, 2.24) is 9.38 Å². The van der Waals surface area contributed by atoms with Crippen LogP contribution >= 0.6 is 23.2 Å². The molecule has 3 aromatic rings. The molecule has 2 heterocycles. The van der Waals surface area contributed by atoms with Gasteiger partial charge in [-0.25, -0.2) is 4.98 Å². The van der Waals surface area contributed by atoms with E-state index in [2.05, 4.69) is 10.3 Å². The number of alkyl halides is 3. The summed E-state index contributed by atoms with van der Waals surface area (Å²) in [5, 5.41) is 2.85. The molecule has 0 aliphatic carbocycles.